The number of carbonyl (C=O) groups excluding carboxylic acids is 1. The number of ketones is 1. The monoisotopic (exact) mass is 130 g/mol. The van der Waals surface area contributed by atoms with Crippen LogP contribution in [0.3, 0.4) is 0 Å². The Balaban J connectivity index is 0.000000640. The first-order chi connectivity index (χ1) is 3.89. The quantitative estimate of drug-likeness (QED) is 0.453. The maximum atomic E-state index is 10.7. The predicted octanol–water partition coefficient (Wildman–Crippen LogP) is 1.08. The van der Waals surface area contributed by atoms with Gasteiger partial charge in [0.05, 0.1) is 0 Å². The first-order valence-corrected chi connectivity index (χ1v) is 3.41. The zero-order valence-corrected chi connectivity index (χ0v) is 5.65. The summed E-state index contributed by atoms with van der Waals surface area (Å²) in [5, 5.41) is 0. The Morgan fingerprint density at radius 3 is 1.78 bits per heavy atom. The summed E-state index contributed by atoms with van der Waals surface area (Å²) in [5.74, 6) is 0.475. The van der Waals surface area contributed by atoms with Gasteiger partial charge in [0.25, 0.3) is 0 Å². The van der Waals surface area contributed by atoms with Crippen molar-refractivity contribution >= 4 is 5.78 Å². The summed E-state index contributed by atoms with van der Waals surface area (Å²) >= 11 is 0. The number of Topliss-reactive ketones (excluding diaryl/α,β-unsaturated/α-hetero) is 1. The van der Waals surface area contributed by atoms with Gasteiger partial charge in [0.1, 0.15) is 5.78 Å². The highest BCUT2D eigenvalue weighted by molar-refractivity contribution is 5.78. The summed E-state index contributed by atoms with van der Waals surface area (Å²) in [6.45, 7) is 0. The van der Waals surface area contributed by atoms with E-state index in [1.54, 1.807) is 0 Å². The van der Waals surface area contributed by atoms with Gasteiger partial charge in [0.15, 0.2) is 0 Å². The van der Waals surface area contributed by atoms with Crippen LogP contribution in [0.1, 0.15) is 38.5 Å². The molecule has 2 heteroatoms. The van der Waals surface area contributed by atoms with E-state index in [1.165, 1.54) is 12.8 Å². The van der Waals surface area contributed by atoms with Gasteiger partial charge in [-0.2, -0.15) is 0 Å². The SMILES string of the molecule is O.O=C1CCCCCC1. The van der Waals surface area contributed by atoms with Crippen LogP contribution in [0.15, 0.2) is 0 Å². The van der Waals surface area contributed by atoms with Crippen LogP contribution in [0, 0.1) is 0 Å². The Labute approximate surface area is 55.6 Å². The normalized spacial score (nSPS) is 20.2. The van der Waals surface area contributed by atoms with Gasteiger partial charge in [-0.3, -0.25) is 4.79 Å². The summed E-state index contributed by atoms with van der Waals surface area (Å²) in [7, 11) is 0. The first kappa shape index (κ1) is 8.63. The molecule has 0 aromatic carbocycles. The molecule has 0 amide bonds. The fourth-order valence-corrected chi connectivity index (χ4v) is 1.12. The van der Waals surface area contributed by atoms with Crippen LogP contribution >= 0.6 is 0 Å². The lowest BCUT2D eigenvalue weighted by Crippen LogP contribution is -1.91. The number of rotatable bonds is 0. The van der Waals surface area contributed by atoms with Gasteiger partial charge in [0, 0.05) is 12.8 Å². The van der Waals surface area contributed by atoms with Crippen molar-refractivity contribution in [2.75, 3.05) is 0 Å². The number of hydrogen-bond acceptors (Lipinski definition) is 1. The zero-order chi connectivity index (χ0) is 5.82. The highest BCUT2D eigenvalue weighted by Crippen LogP contribution is 2.12. The second kappa shape index (κ2) is 4.50. The smallest absolute Gasteiger partial charge is 0.132 e. The molecule has 0 atom stereocenters. The molecule has 0 heterocycles. The van der Waals surface area contributed by atoms with Crippen LogP contribution in [0.25, 0.3) is 0 Å². The molecule has 1 aliphatic rings. The van der Waals surface area contributed by atoms with Crippen LogP contribution in [0.5, 0.6) is 0 Å². The Morgan fingerprint density at radius 2 is 1.33 bits per heavy atom. The molecule has 2 N–H and O–H groups in total. The van der Waals surface area contributed by atoms with Crippen molar-refractivity contribution in [2.45, 2.75) is 38.5 Å². The Morgan fingerprint density at radius 1 is 0.889 bits per heavy atom. The molecular weight excluding hydrogens is 116 g/mol. The van der Waals surface area contributed by atoms with E-state index in [2.05, 4.69) is 0 Å². The third-order valence-electron chi connectivity index (χ3n) is 1.66. The molecule has 1 fully saturated rings. The van der Waals surface area contributed by atoms with Crippen LogP contribution in [-0.2, 0) is 4.79 Å². The maximum Gasteiger partial charge on any atom is 0.132 e. The molecule has 1 rings (SSSR count). The fourth-order valence-electron chi connectivity index (χ4n) is 1.12. The Hall–Kier alpha value is -0.370. The van der Waals surface area contributed by atoms with E-state index in [4.69, 9.17) is 0 Å². The molecule has 9 heavy (non-hydrogen) atoms. The van der Waals surface area contributed by atoms with Crippen molar-refractivity contribution in [3.05, 3.63) is 0 Å². The average molecular weight is 130 g/mol. The molecule has 0 aromatic rings. The number of carbonyl (C=O) groups is 1. The van der Waals surface area contributed by atoms with Gasteiger partial charge in [-0.05, 0) is 12.8 Å². The highest BCUT2D eigenvalue weighted by Gasteiger charge is 2.04. The molecule has 1 saturated carbocycles. The van der Waals surface area contributed by atoms with Crippen LogP contribution in [-0.4, -0.2) is 11.3 Å². The molecule has 2 nitrogen and oxygen atoms in total. The summed E-state index contributed by atoms with van der Waals surface area (Å²) in [6.07, 6.45) is 6.51. The van der Waals surface area contributed by atoms with Gasteiger partial charge >= 0.3 is 0 Å². The van der Waals surface area contributed by atoms with Crippen molar-refractivity contribution in [2.24, 2.45) is 0 Å². The lowest BCUT2D eigenvalue weighted by molar-refractivity contribution is -0.118. The van der Waals surface area contributed by atoms with E-state index in [0.717, 1.165) is 25.7 Å². The molecule has 0 aliphatic heterocycles. The minimum absolute atomic E-state index is 0. The molecule has 0 saturated heterocycles. The highest BCUT2D eigenvalue weighted by atomic mass is 16.1. The summed E-state index contributed by atoms with van der Waals surface area (Å²) in [4.78, 5) is 10.7. The van der Waals surface area contributed by atoms with E-state index in [9.17, 15) is 4.79 Å². The van der Waals surface area contributed by atoms with Crippen molar-refractivity contribution in [1.29, 1.82) is 0 Å². The van der Waals surface area contributed by atoms with Crippen LogP contribution in [0.4, 0.5) is 0 Å². The summed E-state index contributed by atoms with van der Waals surface area (Å²) in [6, 6.07) is 0. The predicted molar refractivity (Wildman–Crippen MR) is 36.3 cm³/mol. The molecular formula is C7H14O2. The van der Waals surface area contributed by atoms with Gasteiger partial charge in [-0.1, -0.05) is 12.8 Å². The third kappa shape index (κ3) is 3.25. The molecule has 1 aliphatic carbocycles. The lowest BCUT2D eigenvalue weighted by Gasteiger charge is -1.87. The van der Waals surface area contributed by atoms with Crippen LogP contribution in [0.2, 0.25) is 0 Å². The Kier molecular flexibility index (Phi) is 4.32. The minimum Gasteiger partial charge on any atom is -0.412 e. The molecule has 0 radical (unpaired) electrons. The van der Waals surface area contributed by atoms with Crippen molar-refractivity contribution in [3.8, 4) is 0 Å². The first-order valence-electron chi connectivity index (χ1n) is 3.41. The zero-order valence-electron chi connectivity index (χ0n) is 5.65. The minimum atomic E-state index is 0. The standard InChI is InChI=1S/C7H12O.H2O/c8-7-5-3-1-2-4-6-7;/h1-6H2;1H2. The Bertz CT molecular complexity index is 78.9. The van der Waals surface area contributed by atoms with Crippen molar-refractivity contribution in [3.63, 3.8) is 0 Å². The molecule has 54 valence electrons. The van der Waals surface area contributed by atoms with Gasteiger partial charge in [-0.15, -0.1) is 0 Å². The molecule has 0 spiro atoms. The van der Waals surface area contributed by atoms with E-state index < -0.39 is 0 Å². The topological polar surface area (TPSA) is 48.6 Å². The van der Waals surface area contributed by atoms with E-state index in [-0.39, 0.29) is 5.48 Å². The number of hydrogen-bond donors (Lipinski definition) is 0. The summed E-state index contributed by atoms with van der Waals surface area (Å²) < 4.78 is 0. The molecule has 0 unspecified atom stereocenters. The average Bonchev–Trinajstić information content (AvgIpc) is 1.94. The lowest BCUT2D eigenvalue weighted by atomic mass is 10.2. The van der Waals surface area contributed by atoms with Gasteiger partial charge in [0.2, 0.25) is 0 Å². The van der Waals surface area contributed by atoms with Crippen molar-refractivity contribution < 1.29 is 10.3 Å². The fraction of sp³-hybridized carbons (Fsp3) is 0.857. The van der Waals surface area contributed by atoms with E-state index in [0.29, 0.717) is 5.78 Å². The van der Waals surface area contributed by atoms with Crippen LogP contribution < -0.4 is 0 Å². The second-order valence-electron chi connectivity index (χ2n) is 2.45. The molecule has 0 aromatic heterocycles. The van der Waals surface area contributed by atoms with Gasteiger partial charge < -0.3 is 5.48 Å². The van der Waals surface area contributed by atoms with E-state index >= 15 is 0 Å². The third-order valence-corrected chi connectivity index (χ3v) is 1.66. The summed E-state index contributed by atoms with van der Waals surface area (Å²) in [5.41, 5.74) is 0. The van der Waals surface area contributed by atoms with Crippen molar-refractivity contribution in [1.82, 2.24) is 0 Å². The maximum absolute atomic E-state index is 10.7. The molecule has 0 bridgehead atoms. The largest absolute Gasteiger partial charge is 0.412 e. The van der Waals surface area contributed by atoms with E-state index in [1.807, 2.05) is 0 Å². The van der Waals surface area contributed by atoms with Gasteiger partial charge in [-0.25, -0.2) is 0 Å². The second-order valence-corrected chi connectivity index (χ2v) is 2.45.